The molecule has 0 unspecified atom stereocenters. The number of fused-ring (bicyclic) bond motifs is 2. The Bertz CT molecular complexity index is 1110. The van der Waals surface area contributed by atoms with Gasteiger partial charge in [-0.2, -0.15) is 0 Å². The van der Waals surface area contributed by atoms with Crippen LogP contribution in [-0.2, 0) is 6.54 Å². The molecule has 142 valence electrons. The van der Waals surface area contributed by atoms with Gasteiger partial charge in [0.05, 0.1) is 23.7 Å². The quantitative estimate of drug-likeness (QED) is 0.573. The highest BCUT2D eigenvalue weighted by Crippen LogP contribution is 2.30. The van der Waals surface area contributed by atoms with Crippen LogP contribution in [0.2, 0.25) is 0 Å². The Balaban J connectivity index is 1.28. The number of benzene rings is 2. The lowest BCUT2D eigenvalue weighted by molar-refractivity contribution is 0.202. The lowest BCUT2D eigenvalue weighted by atomic mass is 9.95. The topological polar surface area (TPSA) is 54.0 Å². The number of likely N-dealkylation sites (tertiary alicyclic amines) is 1. The van der Waals surface area contributed by atoms with Gasteiger partial charge < -0.3 is 9.72 Å². The molecule has 3 heterocycles. The summed E-state index contributed by atoms with van der Waals surface area (Å²) in [6, 6.07) is 16.6. The number of nitrogens with one attached hydrogen (secondary N) is 1. The standard InChI is InChI=1S/C23H24N4O/c1-28-19-7-8-20-21(14-19)26-23(25-20)17-9-12-27(13-10-17)15-18-5-2-4-16-6-3-11-24-22(16)18/h2-8,11,14,17H,9-10,12-13,15H2,1H3,(H,25,26). The van der Waals surface area contributed by atoms with Crippen molar-refractivity contribution in [1.29, 1.82) is 0 Å². The molecule has 5 nitrogen and oxygen atoms in total. The molecule has 0 saturated carbocycles. The zero-order valence-electron chi connectivity index (χ0n) is 16.1. The molecule has 0 bridgehead atoms. The Morgan fingerprint density at radius 2 is 1.96 bits per heavy atom. The molecule has 0 atom stereocenters. The van der Waals surface area contributed by atoms with E-state index in [0.717, 1.165) is 60.6 Å². The molecule has 0 radical (unpaired) electrons. The van der Waals surface area contributed by atoms with Crippen molar-refractivity contribution in [2.75, 3.05) is 20.2 Å². The van der Waals surface area contributed by atoms with Crippen LogP contribution in [0.4, 0.5) is 0 Å². The summed E-state index contributed by atoms with van der Waals surface area (Å²) in [5, 5.41) is 1.22. The molecule has 0 spiro atoms. The Morgan fingerprint density at radius 3 is 2.82 bits per heavy atom. The Kier molecular flexibility index (Phi) is 4.45. The first-order chi connectivity index (χ1) is 13.8. The van der Waals surface area contributed by atoms with Gasteiger partial charge in [-0.05, 0) is 49.7 Å². The number of aromatic amines is 1. The van der Waals surface area contributed by atoms with E-state index in [1.54, 1.807) is 7.11 Å². The van der Waals surface area contributed by atoms with Crippen LogP contribution in [0.1, 0.15) is 30.1 Å². The molecule has 2 aromatic heterocycles. The van der Waals surface area contributed by atoms with E-state index in [1.807, 2.05) is 30.5 Å². The highest BCUT2D eigenvalue weighted by atomic mass is 16.5. The van der Waals surface area contributed by atoms with E-state index in [1.165, 1.54) is 10.9 Å². The van der Waals surface area contributed by atoms with Gasteiger partial charge in [-0.1, -0.05) is 24.3 Å². The molecular weight excluding hydrogens is 348 g/mol. The third-order valence-corrected chi connectivity index (χ3v) is 5.79. The van der Waals surface area contributed by atoms with E-state index in [-0.39, 0.29) is 0 Å². The number of rotatable bonds is 4. The van der Waals surface area contributed by atoms with Crippen molar-refractivity contribution in [1.82, 2.24) is 19.9 Å². The lowest BCUT2D eigenvalue weighted by Gasteiger charge is -2.31. The second-order valence-corrected chi connectivity index (χ2v) is 7.55. The van der Waals surface area contributed by atoms with Crippen LogP contribution in [0.3, 0.4) is 0 Å². The summed E-state index contributed by atoms with van der Waals surface area (Å²) >= 11 is 0. The second-order valence-electron chi connectivity index (χ2n) is 7.55. The van der Waals surface area contributed by atoms with Gasteiger partial charge >= 0.3 is 0 Å². The van der Waals surface area contributed by atoms with E-state index >= 15 is 0 Å². The summed E-state index contributed by atoms with van der Waals surface area (Å²) < 4.78 is 5.32. The average Bonchev–Trinajstić information content (AvgIpc) is 3.18. The van der Waals surface area contributed by atoms with Crippen molar-refractivity contribution in [3.05, 3.63) is 66.1 Å². The van der Waals surface area contributed by atoms with Crippen LogP contribution in [0.25, 0.3) is 21.9 Å². The largest absolute Gasteiger partial charge is 0.497 e. The monoisotopic (exact) mass is 372 g/mol. The van der Waals surface area contributed by atoms with Crippen molar-refractivity contribution in [2.24, 2.45) is 0 Å². The van der Waals surface area contributed by atoms with Crippen molar-refractivity contribution in [3.63, 3.8) is 0 Å². The number of hydrogen-bond donors (Lipinski definition) is 1. The average molecular weight is 372 g/mol. The predicted molar refractivity (Wildman–Crippen MR) is 112 cm³/mol. The number of H-pyrrole nitrogens is 1. The summed E-state index contributed by atoms with van der Waals surface area (Å²) in [7, 11) is 1.69. The van der Waals surface area contributed by atoms with E-state index in [4.69, 9.17) is 9.72 Å². The maximum Gasteiger partial charge on any atom is 0.121 e. The molecule has 2 aromatic carbocycles. The molecule has 1 aliphatic rings. The fourth-order valence-corrected chi connectivity index (χ4v) is 4.23. The molecule has 28 heavy (non-hydrogen) atoms. The molecule has 5 rings (SSSR count). The van der Waals surface area contributed by atoms with Crippen LogP contribution in [0, 0.1) is 0 Å². The molecule has 0 aliphatic carbocycles. The molecule has 4 aromatic rings. The smallest absolute Gasteiger partial charge is 0.121 e. The molecule has 1 N–H and O–H groups in total. The van der Waals surface area contributed by atoms with Gasteiger partial charge in [0, 0.05) is 30.1 Å². The molecule has 1 fully saturated rings. The first-order valence-corrected chi connectivity index (χ1v) is 9.89. The number of para-hydroxylation sites is 1. The maximum atomic E-state index is 5.32. The summed E-state index contributed by atoms with van der Waals surface area (Å²) in [5.74, 6) is 2.45. The minimum Gasteiger partial charge on any atom is -0.497 e. The summed E-state index contributed by atoms with van der Waals surface area (Å²) in [6.07, 6.45) is 4.12. The molecule has 5 heteroatoms. The highest BCUT2D eigenvalue weighted by Gasteiger charge is 2.23. The van der Waals surface area contributed by atoms with Crippen LogP contribution in [0.15, 0.2) is 54.7 Å². The third-order valence-electron chi connectivity index (χ3n) is 5.79. The van der Waals surface area contributed by atoms with Crippen LogP contribution in [-0.4, -0.2) is 40.1 Å². The fraction of sp³-hybridized carbons (Fsp3) is 0.304. The van der Waals surface area contributed by atoms with E-state index in [2.05, 4.69) is 39.1 Å². The number of ether oxygens (including phenoxy) is 1. The van der Waals surface area contributed by atoms with Gasteiger partial charge in [0.1, 0.15) is 11.6 Å². The maximum absolute atomic E-state index is 5.32. The first-order valence-electron chi connectivity index (χ1n) is 9.89. The number of nitrogens with zero attached hydrogens (tertiary/aromatic N) is 3. The van der Waals surface area contributed by atoms with E-state index in [0.29, 0.717) is 5.92 Å². The van der Waals surface area contributed by atoms with Gasteiger partial charge in [0.2, 0.25) is 0 Å². The molecular formula is C23H24N4O. The van der Waals surface area contributed by atoms with Crippen molar-refractivity contribution >= 4 is 21.9 Å². The highest BCUT2D eigenvalue weighted by molar-refractivity contribution is 5.81. The number of piperidine rings is 1. The minimum atomic E-state index is 0.486. The van der Waals surface area contributed by atoms with Crippen LogP contribution < -0.4 is 4.74 Å². The predicted octanol–water partition coefficient (Wildman–Crippen LogP) is 4.50. The van der Waals surface area contributed by atoms with Crippen LogP contribution >= 0.6 is 0 Å². The van der Waals surface area contributed by atoms with Gasteiger partial charge in [0.15, 0.2) is 0 Å². The number of aromatic nitrogens is 3. The normalized spacial score (nSPS) is 16.0. The summed E-state index contributed by atoms with van der Waals surface area (Å²) in [6.45, 7) is 3.11. The Labute approximate surface area is 164 Å². The summed E-state index contributed by atoms with van der Waals surface area (Å²) in [5.41, 5.74) is 4.50. The SMILES string of the molecule is COc1ccc2nc(C3CCN(Cc4cccc5cccnc45)CC3)[nH]c2c1. The van der Waals surface area contributed by atoms with Gasteiger partial charge in [-0.15, -0.1) is 0 Å². The Morgan fingerprint density at radius 1 is 1.11 bits per heavy atom. The zero-order chi connectivity index (χ0) is 18.9. The van der Waals surface area contributed by atoms with Gasteiger partial charge in [-0.25, -0.2) is 4.98 Å². The molecule has 1 saturated heterocycles. The van der Waals surface area contributed by atoms with Crippen molar-refractivity contribution in [2.45, 2.75) is 25.3 Å². The minimum absolute atomic E-state index is 0.486. The van der Waals surface area contributed by atoms with Crippen molar-refractivity contribution < 1.29 is 4.74 Å². The van der Waals surface area contributed by atoms with E-state index in [9.17, 15) is 0 Å². The number of imidazole rings is 1. The van der Waals surface area contributed by atoms with Gasteiger partial charge in [-0.3, -0.25) is 9.88 Å². The Hall–Kier alpha value is -2.92. The third kappa shape index (κ3) is 3.22. The van der Waals surface area contributed by atoms with E-state index < -0.39 is 0 Å². The fourth-order valence-electron chi connectivity index (χ4n) is 4.23. The van der Waals surface area contributed by atoms with Crippen LogP contribution in [0.5, 0.6) is 5.75 Å². The number of methoxy groups -OCH3 is 1. The lowest BCUT2D eigenvalue weighted by Crippen LogP contribution is -2.32. The summed E-state index contributed by atoms with van der Waals surface area (Å²) in [4.78, 5) is 15.5. The van der Waals surface area contributed by atoms with Gasteiger partial charge in [0.25, 0.3) is 0 Å². The molecule has 0 amide bonds. The number of pyridine rings is 1. The zero-order valence-corrected chi connectivity index (χ0v) is 16.1. The first kappa shape index (κ1) is 17.2. The molecule has 1 aliphatic heterocycles. The second kappa shape index (κ2) is 7.24. The van der Waals surface area contributed by atoms with Crippen molar-refractivity contribution in [3.8, 4) is 5.75 Å². The number of hydrogen-bond acceptors (Lipinski definition) is 4.